The lowest BCUT2D eigenvalue weighted by Gasteiger charge is -2.13. The number of likely N-dealkylation sites (tertiary alicyclic amines) is 1. The van der Waals surface area contributed by atoms with Crippen molar-refractivity contribution in [3.05, 3.63) is 35.5 Å². The van der Waals surface area contributed by atoms with Crippen LogP contribution in [0.25, 0.3) is 10.9 Å². The molecule has 0 spiro atoms. The number of fused-ring (bicyclic) bond motifs is 1. The number of carboxylic acid groups (broad SMARTS) is 1. The van der Waals surface area contributed by atoms with Gasteiger partial charge in [0.2, 0.25) is 0 Å². The van der Waals surface area contributed by atoms with Crippen LogP contribution < -0.4 is 0 Å². The number of benzene rings is 1. The second kappa shape index (κ2) is 6.13. The van der Waals surface area contributed by atoms with Crippen molar-refractivity contribution in [1.82, 2.24) is 9.47 Å². The monoisotopic (exact) mass is 300 g/mol. The van der Waals surface area contributed by atoms with Gasteiger partial charge in [-0.05, 0) is 57.8 Å². The molecule has 1 aliphatic heterocycles. The van der Waals surface area contributed by atoms with Gasteiger partial charge < -0.3 is 14.6 Å². The summed E-state index contributed by atoms with van der Waals surface area (Å²) in [4.78, 5) is 14.0. The van der Waals surface area contributed by atoms with E-state index in [9.17, 15) is 9.90 Å². The van der Waals surface area contributed by atoms with Crippen LogP contribution in [0.3, 0.4) is 0 Å². The summed E-state index contributed by atoms with van der Waals surface area (Å²) in [6.45, 7) is 7.66. The van der Waals surface area contributed by atoms with Gasteiger partial charge in [-0.3, -0.25) is 0 Å². The summed E-state index contributed by atoms with van der Waals surface area (Å²) in [6.07, 6.45) is 5.74. The van der Waals surface area contributed by atoms with E-state index in [2.05, 4.69) is 35.6 Å². The largest absolute Gasteiger partial charge is 0.478 e. The molecule has 118 valence electrons. The number of aromatic nitrogens is 1. The van der Waals surface area contributed by atoms with Crippen molar-refractivity contribution in [3.63, 3.8) is 0 Å². The fourth-order valence-electron chi connectivity index (χ4n) is 3.45. The van der Waals surface area contributed by atoms with Crippen LogP contribution in [0.5, 0.6) is 0 Å². The number of aromatic carboxylic acids is 1. The van der Waals surface area contributed by atoms with E-state index in [-0.39, 0.29) is 6.04 Å². The topological polar surface area (TPSA) is 45.5 Å². The molecule has 0 amide bonds. The van der Waals surface area contributed by atoms with E-state index in [1.165, 1.54) is 31.5 Å². The molecule has 2 aromatic rings. The van der Waals surface area contributed by atoms with Gasteiger partial charge in [0.15, 0.2) is 0 Å². The Balaban J connectivity index is 1.99. The van der Waals surface area contributed by atoms with Gasteiger partial charge in [-0.25, -0.2) is 4.79 Å². The number of rotatable bonds is 5. The molecule has 1 aromatic carbocycles. The van der Waals surface area contributed by atoms with Crippen LogP contribution in [0.1, 0.15) is 48.7 Å². The number of carbonyl (C=O) groups is 1. The summed E-state index contributed by atoms with van der Waals surface area (Å²) < 4.78 is 2.11. The Kier molecular flexibility index (Phi) is 4.21. The number of carboxylic acids is 1. The van der Waals surface area contributed by atoms with Crippen molar-refractivity contribution in [2.24, 2.45) is 0 Å². The summed E-state index contributed by atoms with van der Waals surface area (Å²) in [6, 6.07) is 5.87. The summed E-state index contributed by atoms with van der Waals surface area (Å²) in [5.41, 5.74) is 2.53. The summed E-state index contributed by atoms with van der Waals surface area (Å²) in [5.74, 6) is -0.850. The predicted molar refractivity (Wildman–Crippen MR) is 88.7 cm³/mol. The van der Waals surface area contributed by atoms with Crippen LogP contribution in [0.4, 0.5) is 0 Å². The minimum absolute atomic E-state index is 0.253. The maximum atomic E-state index is 11.5. The van der Waals surface area contributed by atoms with Crippen LogP contribution in [0.2, 0.25) is 0 Å². The molecule has 1 N–H and O–H groups in total. The summed E-state index contributed by atoms with van der Waals surface area (Å²) >= 11 is 0. The Hall–Kier alpha value is -1.81. The third kappa shape index (κ3) is 2.75. The standard InChI is InChI=1S/C18H24N2O2/c1-13(2)20-12-14(8-11-19-9-3-4-10-19)15-6-5-7-16(17(15)20)18(21)22/h5-7,12-13H,3-4,8-11H2,1-2H3,(H,21,22). The maximum absolute atomic E-state index is 11.5. The van der Waals surface area contributed by atoms with E-state index in [0.29, 0.717) is 5.56 Å². The predicted octanol–water partition coefficient (Wildman–Crippen LogP) is 3.56. The highest BCUT2D eigenvalue weighted by Gasteiger charge is 2.18. The van der Waals surface area contributed by atoms with E-state index in [0.717, 1.165) is 23.9 Å². The Morgan fingerprint density at radius 1 is 1.27 bits per heavy atom. The van der Waals surface area contributed by atoms with Crippen molar-refractivity contribution in [2.45, 2.75) is 39.2 Å². The average molecular weight is 300 g/mol. The molecule has 1 saturated heterocycles. The number of para-hydroxylation sites is 1. The zero-order valence-electron chi connectivity index (χ0n) is 13.4. The summed E-state index contributed by atoms with van der Waals surface area (Å²) in [5, 5.41) is 10.6. The molecule has 4 nitrogen and oxygen atoms in total. The van der Waals surface area contributed by atoms with Crippen LogP contribution in [-0.2, 0) is 6.42 Å². The van der Waals surface area contributed by atoms with E-state index in [4.69, 9.17) is 0 Å². The Labute approximate surface area is 131 Å². The van der Waals surface area contributed by atoms with Crippen molar-refractivity contribution in [2.75, 3.05) is 19.6 Å². The van der Waals surface area contributed by atoms with Gasteiger partial charge in [0.05, 0.1) is 11.1 Å². The molecule has 0 saturated carbocycles. The molecule has 1 fully saturated rings. The average Bonchev–Trinajstić information content (AvgIpc) is 3.12. The Morgan fingerprint density at radius 2 is 2.00 bits per heavy atom. The van der Waals surface area contributed by atoms with Gasteiger partial charge in [0.25, 0.3) is 0 Å². The molecule has 3 rings (SSSR count). The molecular weight excluding hydrogens is 276 g/mol. The van der Waals surface area contributed by atoms with E-state index >= 15 is 0 Å². The highest BCUT2D eigenvalue weighted by molar-refractivity contribution is 6.03. The first-order valence-electron chi connectivity index (χ1n) is 8.16. The SMILES string of the molecule is CC(C)n1cc(CCN2CCCC2)c2cccc(C(=O)O)c21. The molecule has 1 aliphatic rings. The molecule has 0 radical (unpaired) electrons. The molecule has 2 heterocycles. The second-order valence-electron chi connectivity index (χ2n) is 6.46. The van der Waals surface area contributed by atoms with Gasteiger partial charge >= 0.3 is 5.97 Å². The fraction of sp³-hybridized carbons (Fsp3) is 0.500. The van der Waals surface area contributed by atoms with Crippen molar-refractivity contribution >= 4 is 16.9 Å². The Bertz CT molecular complexity index is 682. The van der Waals surface area contributed by atoms with Crippen molar-refractivity contribution in [3.8, 4) is 0 Å². The summed E-state index contributed by atoms with van der Waals surface area (Å²) in [7, 11) is 0. The van der Waals surface area contributed by atoms with Crippen molar-refractivity contribution in [1.29, 1.82) is 0 Å². The van der Waals surface area contributed by atoms with Crippen molar-refractivity contribution < 1.29 is 9.90 Å². The molecule has 4 heteroatoms. The van der Waals surface area contributed by atoms with E-state index in [1.807, 2.05) is 6.07 Å². The Morgan fingerprint density at radius 3 is 2.64 bits per heavy atom. The lowest BCUT2D eigenvalue weighted by atomic mass is 10.1. The molecule has 0 atom stereocenters. The minimum Gasteiger partial charge on any atom is -0.478 e. The zero-order valence-corrected chi connectivity index (χ0v) is 13.4. The first-order chi connectivity index (χ1) is 10.6. The third-order valence-electron chi connectivity index (χ3n) is 4.62. The quantitative estimate of drug-likeness (QED) is 0.918. The van der Waals surface area contributed by atoms with Gasteiger partial charge in [-0.2, -0.15) is 0 Å². The van der Waals surface area contributed by atoms with Gasteiger partial charge in [0.1, 0.15) is 0 Å². The zero-order chi connectivity index (χ0) is 15.7. The number of hydrogen-bond acceptors (Lipinski definition) is 2. The first-order valence-corrected chi connectivity index (χ1v) is 8.16. The van der Waals surface area contributed by atoms with E-state index < -0.39 is 5.97 Å². The molecule has 0 unspecified atom stereocenters. The fourth-order valence-corrected chi connectivity index (χ4v) is 3.45. The van der Waals surface area contributed by atoms with Gasteiger partial charge in [-0.15, -0.1) is 0 Å². The maximum Gasteiger partial charge on any atom is 0.337 e. The van der Waals surface area contributed by atoms with Crippen LogP contribution in [0.15, 0.2) is 24.4 Å². The number of hydrogen-bond donors (Lipinski definition) is 1. The van der Waals surface area contributed by atoms with Gasteiger partial charge in [0, 0.05) is 24.2 Å². The first kappa shape index (κ1) is 15.1. The number of nitrogens with zero attached hydrogens (tertiary/aromatic N) is 2. The van der Waals surface area contributed by atoms with E-state index in [1.54, 1.807) is 6.07 Å². The molecule has 0 aliphatic carbocycles. The molecule has 0 bridgehead atoms. The highest BCUT2D eigenvalue weighted by Crippen LogP contribution is 2.28. The smallest absolute Gasteiger partial charge is 0.337 e. The van der Waals surface area contributed by atoms with Gasteiger partial charge in [-0.1, -0.05) is 12.1 Å². The van der Waals surface area contributed by atoms with Crippen LogP contribution >= 0.6 is 0 Å². The molecule has 1 aromatic heterocycles. The second-order valence-corrected chi connectivity index (χ2v) is 6.46. The molecule has 22 heavy (non-hydrogen) atoms. The lowest BCUT2D eigenvalue weighted by molar-refractivity contribution is 0.0698. The minimum atomic E-state index is -0.850. The molecular formula is C18H24N2O2. The lowest BCUT2D eigenvalue weighted by Crippen LogP contribution is -2.21. The van der Waals surface area contributed by atoms with Crippen LogP contribution in [0, 0.1) is 0 Å². The third-order valence-corrected chi connectivity index (χ3v) is 4.62. The highest BCUT2D eigenvalue weighted by atomic mass is 16.4. The normalized spacial score (nSPS) is 16.0. The van der Waals surface area contributed by atoms with Crippen LogP contribution in [-0.4, -0.2) is 40.2 Å².